The molecular weight excluding hydrogens is 588 g/mol. The molecule has 1 aromatic carbocycles. The molecule has 1 aliphatic carbocycles. The molecule has 0 spiro atoms. The second-order valence-corrected chi connectivity index (χ2v) is 13.6. The number of anilines is 2. The van der Waals surface area contributed by atoms with Crippen molar-refractivity contribution < 1.29 is 27.1 Å². The monoisotopic (exact) mass is 625 g/mol. The number of pyridine rings is 1. The molecule has 4 heterocycles. The summed E-state index contributed by atoms with van der Waals surface area (Å²) in [5.41, 5.74) is 0.467. The van der Waals surface area contributed by atoms with Gasteiger partial charge in [0.1, 0.15) is 11.0 Å². The van der Waals surface area contributed by atoms with Crippen LogP contribution < -0.4 is 9.80 Å². The zero-order chi connectivity index (χ0) is 29.9. The lowest BCUT2D eigenvalue weighted by Gasteiger charge is -2.43. The van der Waals surface area contributed by atoms with Crippen LogP contribution in [0.25, 0.3) is 0 Å². The summed E-state index contributed by atoms with van der Waals surface area (Å²) >= 11 is 5.86. The van der Waals surface area contributed by atoms with Crippen LogP contribution in [0, 0.1) is 0 Å². The highest BCUT2D eigenvalue weighted by Crippen LogP contribution is 2.29. The summed E-state index contributed by atoms with van der Waals surface area (Å²) in [5, 5.41) is 9.08. The maximum atomic E-state index is 13.0. The summed E-state index contributed by atoms with van der Waals surface area (Å²) in [6.45, 7) is 3.48. The number of alkyl halides is 2. The molecule has 9 nitrogen and oxygen atoms in total. The molecular formula is C29H38ClF2N5O4S. The quantitative estimate of drug-likeness (QED) is 0.478. The highest BCUT2D eigenvalue weighted by molar-refractivity contribution is 7.89. The average molecular weight is 626 g/mol. The van der Waals surface area contributed by atoms with E-state index < -0.39 is 16.4 Å². The Kier molecular flexibility index (Phi) is 9.99. The number of aromatic nitrogens is 1. The van der Waals surface area contributed by atoms with E-state index in [1.54, 1.807) is 21.9 Å². The third-order valence-electron chi connectivity index (χ3n) is 8.46. The number of likely N-dealkylation sites (tertiary alicyclic amines) is 1. The number of hydrogen-bond acceptors (Lipinski definition) is 7. The van der Waals surface area contributed by atoms with Gasteiger partial charge in [-0.1, -0.05) is 30.9 Å². The first-order valence-corrected chi connectivity index (χ1v) is 16.5. The Morgan fingerprint density at radius 3 is 2.17 bits per heavy atom. The highest BCUT2D eigenvalue weighted by atomic mass is 35.5. The number of β-amino-alcohol motifs (C(OH)–C–C–N with tert-alkyl or cyclic N) is 1. The molecule has 1 amide bonds. The largest absolute Gasteiger partial charge is 0.390 e. The van der Waals surface area contributed by atoms with Crippen molar-refractivity contribution in [3.63, 3.8) is 0 Å². The Bertz CT molecular complexity index is 1330. The number of nitrogens with zero attached hydrogens (tertiary/aromatic N) is 5. The van der Waals surface area contributed by atoms with E-state index in [9.17, 15) is 22.0 Å². The SMILES string of the molecule is O=C1CCCN1c1ccc(S(=O)(=O)N2CCN(c3cc(C(F)F)cc(Cl)n3)CC2)cc1.OC1CN(C2CCCCC2)C1. The zero-order valence-corrected chi connectivity index (χ0v) is 25.1. The van der Waals surface area contributed by atoms with Crippen molar-refractivity contribution >= 4 is 39.0 Å². The number of carbonyl (C=O) groups is 1. The van der Waals surface area contributed by atoms with Crippen LogP contribution in [0.15, 0.2) is 41.3 Å². The number of hydrogen-bond donors (Lipinski definition) is 1. The standard InChI is InChI=1S/C20H21ClF2N4O3S.C9H17NO/c21-17-12-14(20(22)23)13-18(24-17)25-8-10-26(11-9-25)31(29,30)16-5-3-15(4-6-16)27-7-1-2-19(27)28;11-9-6-10(7-9)8-4-2-1-3-5-8/h3-6,12-13,20H,1-2,7-11H2;8-9,11H,1-7H2. The van der Waals surface area contributed by atoms with Gasteiger partial charge in [0.15, 0.2) is 0 Å². The number of aliphatic hydroxyl groups excluding tert-OH is 1. The molecule has 3 aliphatic heterocycles. The van der Waals surface area contributed by atoms with Crippen LogP contribution in [0.1, 0.15) is 56.9 Å². The molecule has 0 unspecified atom stereocenters. The molecule has 4 fully saturated rings. The predicted molar refractivity (Wildman–Crippen MR) is 158 cm³/mol. The summed E-state index contributed by atoms with van der Waals surface area (Å²) in [6, 6.07) is 9.52. The average Bonchev–Trinajstić information content (AvgIpc) is 3.42. The second kappa shape index (κ2) is 13.5. The first-order chi connectivity index (χ1) is 20.1. The molecule has 1 saturated carbocycles. The van der Waals surface area contributed by atoms with Gasteiger partial charge in [0.05, 0.1) is 11.0 Å². The summed E-state index contributed by atoms with van der Waals surface area (Å²) in [7, 11) is -3.71. The molecule has 1 N–H and O–H groups in total. The maximum absolute atomic E-state index is 13.0. The minimum absolute atomic E-state index is 0.0167. The van der Waals surface area contributed by atoms with E-state index in [1.165, 1.54) is 54.6 Å². The third kappa shape index (κ3) is 7.21. The van der Waals surface area contributed by atoms with Crippen molar-refractivity contribution in [2.24, 2.45) is 0 Å². The summed E-state index contributed by atoms with van der Waals surface area (Å²) in [4.78, 5) is 21.9. The first-order valence-electron chi connectivity index (χ1n) is 14.6. The van der Waals surface area contributed by atoms with Crippen molar-refractivity contribution in [2.75, 3.05) is 55.6 Å². The van der Waals surface area contributed by atoms with Crippen LogP contribution in [0.3, 0.4) is 0 Å². The topological polar surface area (TPSA) is 97.3 Å². The van der Waals surface area contributed by atoms with E-state index in [0.717, 1.165) is 31.6 Å². The molecule has 230 valence electrons. The molecule has 42 heavy (non-hydrogen) atoms. The molecule has 0 bridgehead atoms. The number of rotatable bonds is 6. The Morgan fingerprint density at radius 2 is 1.60 bits per heavy atom. The number of sulfonamides is 1. The van der Waals surface area contributed by atoms with Gasteiger partial charge in [0.25, 0.3) is 6.43 Å². The van der Waals surface area contributed by atoms with Crippen molar-refractivity contribution in [2.45, 2.75) is 68.4 Å². The molecule has 13 heteroatoms. The number of amides is 1. The third-order valence-corrected chi connectivity index (χ3v) is 10.6. The molecule has 0 radical (unpaired) electrons. The van der Waals surface area contributed by atoms with Crippen molar-refractivity contribution in [3.05, 3.63) is 47.1 Å². The van der Waals surface area contributed by atoms with Crippen LogP contribution in [0.2, 0.25) is 5.15 Å². The normalized spacial score (nSPS) is 21.4. The van der Waals surface area contributed by atoms with Gasteiger partial charge in [-0.2, -0.15) is 4.31 Å². The molecule has 3 saturated heterocycles. The number of halogens is 3. The minimum atomic E-state index is -3.71. The Hall–Kier alpha value is -2.38. The second-order valence-electron chi connectivity index (χ2n) is 11.3. The van der Waals surface area contributed by atoms with Gasteiger partial charge in [-0.15, -0.1) is 0 Å². The molecule has 6 rings (SSSR count). The van der Waals surface area contributed by atoms with E-state index >= 15 is 0 Å². The Balaban J connectivity index is 0.000000267. The van der Waals surface area contributed by atoms with Gasteiger partial charge in [-0.25, -0.2) is 22.2 Å². The lowest BCUT2D eigenvalue weighted by molar-refractivity contribution is -0.117. The maximum Gasteiger partial charge on any atom is 0.264 e. The summed E-state index contributed by atoms with van der Waals surface area (Å²) in [5.74, 6) is 0.343. The molecule has 4 aliphatic rings. The summed E-state index contributed by atoms with van der Waals surface area (Å²) < 4.78 is 53.5. The predicted octanol–water partition coefficient (Wildman–Crippen LogP) is 4.31. The van der Waals surface area contributed by atoms with Gasteiger partial charge >= 0.3 is 0 Å². The zero-order valence-electron chi connectivity index (χ0n) is 23.5. The number of carbonyl (C=O) groups excluding carboxylic acids is 1. The van der Waals surface area contributed by atoms with Crippen LogP contribution in [-0.4, -0.2) is 91.6 Å². The van der Waals surface area contributed by atoms with E-state index in [2.05, 4.69) is 9.88 Å². The van der Waals surface area contributed by atoms with Gasteiger partial charge in [0.2, 0.25) is 15.9 Å². The van der Waals surface area contributed by atoms with Crippen LogP contribution in [-0.2, 0) is 14.8 Å². The lowest BCUT2D eigenvalue weighted by atomic mass is 9.92. The Morgan fingerprint density at radius 1 is 0.929 bits per heavy atom. The van der Waals surface area contributed by atoms with Gasteiger partial charge in [-0.3, -0.25) is 9.69 Å². The summed E-state index contributed by atoms with van der Waals surface area (Å²) in [6.07, 6.45) is 5.58. The van der Waals surface area contributed by atoms with Crippen LogP contribution in [0.5, 0.6) is 0 Å². The first kappa shape index (κ1) is 31.1. The smallest absolute Gasteiger partial charge is 0.264 e. The fraction of sp³-hybridized carbons (Fsp3) is 0.586. The van der Waals surface area contributed by atoms with E-state index in [4.69, 9.17) is 16.7 Å². The highest BCUT2D eigenvalue weighted by Gasteiger charge is 2.32. The van der Waals surface area contributed by atoms with E-state index in [-0.39, 0.29) is 40.7 Å². The minimum Gasteiger partial charge on any atom is -0.390 e. The molecule has 2 aromatic rings. The van der Waals surface area contributed by atoms with Crippen LogP contribution >= 0.6 is 11.6 Å². The van der Waals surface area contributed by atoms with Crippen LogP contribution in [0.4, 0.5) is 20.3 Å². The van der Waals surface area contributed by atoms with Crippen molar-refractivity contribution in [1.82, 2.24) is 14.2 Å². The molecule has 1 aromatic heterocycles. The van der Waals surface area contributed by atoms with E-state index in [0.29, 0.717) is 37.6 Å². The molecule has 0 atom stereocenters. The van der Waals surface area contributed by atoms with Gasteiger partial charge in [-0.05, 0) is 55.7 Å². The number of piperazine rings is 1. The Labute approximate surface area is 251 Å². The number of aliphatic hydroxyl groups is 1. The van der Waals surface area contributed by atoms with Gasteiger partial charge in [0, 0.05) is 69.5 Å². The van der Waals surface area contributed by atoms with Gasteiger partial charge < -0.3 is 14.9 Å². The number of benzene rings is 1. The lowest BCUT2D eigenvalue weighted by Crippen LogP contribution is -2.55. The van der Waals surface area contributed by atoms with E-state index in [1.807, 2.05) is 0 Å². The fourth-order valence-corrected chi connectivity index (χ4v) is 7.68. The fourth-order valence-electron chi connectivity index (χ4n) is 6.05. The van der Waals surface area contributed by atoms with Crippen molar-refractivity contribution in [3.8, 4) is 0 Å². The van der Waals surface area contributed by atoms with Crippen molar-refractivity contribution in [1.29, 1.82) is 0 Å².